The Morgan fingerprint density at radius 1 is 0.377 bits per heavy atom. The standard InChI is InChI=1S/C48H57O4P/c1-4-7-10-13-25-40-34-31-37-22-16-19-28-43(37)46(40)50-53(49,51-47-41(26-14-11-8-5-2)35-32-38-23-17-20-29-44(38)47)52-48-42(27-15-12-9-6-3)36-33-39-24-18-21-30-45(39)48/h16-24,28-36H,4-15,25-27H2,1-3H3. The van der Waals surface area contributed by atoms with Crippen molar-refractivity contribution < 1.29 is 18.1 Å². The van der Waals surface area contributed by atoms with Gasteiger partial charge in [0, 0.05) is 16.2 Å². The predicted molar refractivity (Wildman–Crippen MR) is 225 cm³/mol. The molecule has 0 amide bonds. The van der Waals surface area contributed by atoms with E-state index in [0.29, 0.717) is 17.2 Å². The van der Waals surface area contributed by atoms with Gasteiger partial charge in [-0.05, 0) is 71.4 Å². The quantitative estimate of drug-likeness (QED) is 0.0547. The van der Waals surface area contributed by atoms with Gasteiger partial charge in [0.05, 0.1) is 0 Å². The molecule has 0 aliphatic heterocycles. The summed E-state index contributed by atoms with van der Waals surface area (Å²) in [6.07, 6.45) is 15.9. The zero-order chi connectivity index (χ0) is 36.9. The van der Waals surface area contributed by atoms with Gasteiger partial charge in [0.25, 0.3) is 0 Å². The lowest BCUT2D eigenvalue weighted by Crippen LogP contribution is -2.11. The molecule has 6 rings (SSSR count). The summed E-state index contributed by atoms with van der Waals surface area (Å²) in [6.45, 7) is 6.69. The highest BCUT2D eigenvalue weighted by Gasteiger charge is 2.37. The third-order valence-electron chi connectivity index (χ3n) is 10.4. The number of hydrogen-bond donors (Lipinski definition) is 0. The van der Waals surface area contributed by atoms with Crippen molar-refractivity contribution in [2.24, 2.45) is 0 Å². The molecule has 0 heterocycles. The average Bonchev–Trinajstić information content (AvgIpc) is 3.18. The molecule has 0 aliphatic rings. The molecule has 0 unspecified atom stereocenters. The number of fused-ring (bicyclic) bond motifs is 3. The van der Waals surface area contributed by atoms with E-state index in [-0.39, 0.29) is 0 Å². The molecule has 4 nitrogen and oxygen atoms in total. The van der Waals surface area contributed by atoms with E-state index in [2.05, 4.69) is 93.6 Å². The molecular formula is C48H57O4P. The summed E-state index contributed by atoms with van der Waals surface area (Å²) in [5, 5.41) is 5.79. The Labute approximate surface area is 317 Å². The minimum Gasteiger partial charge on any atom is -0.385 e. The predicted octanol–water partition coefficient (Wildman–Crippen LogP) is 15.2. The number of phosphoric ester groups is 1. The highest BCUT2D eigenvalue weighted by Crippen LogP contribution is 2.55. The minimum atomic E-state index is -4.41. The zero-order valence-corrected chi connectivity index (χ0v) is 33.0. The summed E-state index contributed by atoms with van der Waals surface area (Å²) >= 11 is 0. The molecular weight excluding hydrogens is 671 g/mol. The molecule has 278 valence electrons. The van der Waals surface area contributed by atoms with Crippen LogP contribution in [0.2, 0.25) is 0 Å². The van der Waals surface area contributed by atoms with E-state index in [9.17, 15) is 0 Å². The van der Waals surface area contributed by atoms with E-state index in [1.165, 1.54) is 19.3 Å². The third-order valence-corrected chi connectivity index (χ3v) is 11.6. The van der Waals surface area contributed by atoms with Crippen molar-refractivity contribution in [3.63, 3.8) is 0 Å². The maximum atomic E-state index is 16.0. The highest BCUT2D eigenvalue weighted by molar-refractivity contribution is 7.49. The fraction of sp³-hybridized carbons (Fsp3) is 0.375. The summed E-state index contributed by atoms with van der Waals surface area (Å²) in [5.74, 6) is 1.74. The van der Waals surface area contributed by atoms with Crippen LogP contribution in [0.25, 0.3) is 32.3 Å². The second kappa shape index (κ2) is 19.2. The lowest BCUT2D eigenvalue weighted by molar-refractivity contribution is 0.298. The molecule has 5 heteroatoms. The zero-order valence-electron chi connectivity index (χ0n) is 32.1. The molecule has 0 N–H and O–H groups in total. The fourth-order valence-corrected chi connectivity index (χ4v) is 8.83. The van der Waals surface area contributed by atoms with Crippen molar-refractivity contribution >= 4 is 40.1 Å². The van der Waals surface area contributed by atoms with Gasteiger partial charge in [-0.1, -0.05) is 188 Å². The Morgan fingerprint density at radius 3 is 0.981 bits per heavy atom. The summed E-state index contributed by atoms with van der Waals surface area (Å²) in [4.78, 5) is 0. The molecule has 0 spiro atoms. The Balaban J connectivity index is 1.51. The number of rotatable bonds is 21. The SMILES string of the molecule is CCCCCCc1ccc2ccccc2c1OP(=O)(Oc1c(CCCCCC)ccc2ccccc12)Oc1c(CCCCCC)ccc2ccccc12. The Hall–Kier alpha value is -4.27. The van der Waals surface area contributed by atoms with Gasteiger partial charge in [0.15, 0.2) is 0 Å². The van der Waals surface area contributed by atoms with Gasteiger partial charge in [-0.25, -0.2) is 0 Å². The van der Waals surface area contributed by atoms with Crippen LogP contribution in [0.1, 0.15) is 115 Å². The first-order chi connectivity index (χ1) is 26.0. The van der Waals surface area contributed by atoms with E-state index < -0.39 is 7.82 Å². The van der Waals surface area contributed by atoms with Crippen LogP contribution in [0.15, 0.2) is 109 Å². The molecule has 0 aromatic heterocycles. The number of benzene rings is 6. The van der Waals surface area contributed by atoms with Crippen LogP contribution in [-0.2, 0) is 23.8 Å². The Morgan fingerprint density at radius 2 is 0.679 bits per heavy atom. The second-order valence-corrected chi connectivity index (χ2v) is 15.9. The van der Waals surface area contributed by atoms with Crippen LogP contribution in [-0.4, -0.2) is 0 Å². The molecule has 0 fully saturated rings. The topological polar surface area (TPSA) is 44.8 Å². The van der Waals surface area contributed by atoms with Crippen LogP contribution in [0.3, 0.4) is 0 Å². The van der Waals surface area contributed by atoms with Crippen molar-refractivity contribution in [1.82, 2.24) is 0 Å². The molecule has 0 saturated carbocycles. The fourth-order valence-electron chi connectivity index (χ4n) is 7.40. The van der Waals surface area contributed by atoms with Gasteiger partial charge < -0.3 is 13.6 Å². The van der Waals surface area contributed by atoms with E-state index >= 15 is 4.57 Å². The number of phosphoric acid groups is 1. The lowest BCUT2D eigenvalue weighted by Gasteiger charge is -2.25. The third kappa shape index (κ3) is 9.84. The van der Waals surface area contributed by atoms with Crippen molar-refractivity contribution in [2.75, 3.05) is 0 Å². The number of aryl methyl sites for hydroxylation is 3. The molecule has 6 aromatic carbocycles. The summed E-state index contributed by atoms with van der Waals surface area (Å²) in [7, 11) is -4.41. The average molecular weight is 729 g/mol. The van der Waals surface area contributed by atoms with Gasteiger partial charge in [0.2, 0.25) is 0 Å². The summed E-state index contributed by atoms with van der Waals surface area (Å²) in [5.41, 5.74) is 3.05. The van der Waals surface area contributed by atoms with Crippen molar-refractivity contribution in [1.29, 1.82) is 0 Å². The molecule has 53 heavy (non-hydrogen) atoms. The highest BCUT2D eigenvalue weighted by atomic mass is 31.2. The first kappa shape index (κ1) is 38.5. The molecule has 6 aromatic rings. The second-order valence-electron chi connectivity index (χ2n) is 14.5. The number of hydrogen-bond acceptors (Lipinski definition) is 4. The first-order valence-electron chi connectivity index (χ1n) is 20.2. The van der Waals surface area contributed by atoms with Crippen LogP contribution >= 0.6 is 7.82 Å². The largest absolute Gasteiger partial charge is 0.647 e. The lowest BCUT2D eigenvalue weighted by atomic mass is 10.0. The van der Waals surface area contributed by atoms with E-state index in [0.717, 1.165) is 126 Å². The molecule has 0 bridgehead atoms. The van der Waals surface area contributed by atoms with Gasteiger partial charge in [-0.2, -0.15) is 4.57 Å². The maximum Gasteiger partial charge on any atom is 0.647 e. The van der Waals surface area contributed by atoms with Crippen LogP contribution in [0.4, 0.5) is 0 Å². The Kier molecular flexibility index (Phi) is 13.9. The monoisotopic (exact) mass is 728 g/mol. The van der Waals surface area contributed by atoms with Crippen LogP contribution < -0.4 is 13.6 Å². The van der Waals surface area contributed by atoms with Gasteiger partial charge in [-0.15, -0.1) is 0 Å². The Bertz CT molecular complexity index is 1900. The molecule has 0 saturated heterocycles. The van der Waals surface area contributed by atoms with E-state index in [1.54, 1.807) is 0 Å². The normalized spacial score (nSPS) is 11.8. The number of unbranched alkanes of at least 4 members (excludes halogenated alkanes) is 9. The van der Waals surface area contributed by atoms with Crippen molar-refractivity contribution in [3.8, 4) is 17.2 Å². The first-order valence-corrected chi connectivity index (χ1v) is 21.7. The van der Waals surface area contributed by atoms with Crippen molar-refractivity contribution in [2.45, 2.75) is 117 Å². The van der Waals surface area contributed by atoms with E-state index in [4.69, 9.17) is 13.6 Å². The summed E-state index contributed by atoms with van der Waals surface area (Å²) in [6, 6.07) is 37.3. The van der Waals surface area contributed by atoms with Gasteiger partial charge in [0.1, 0.15) is 17.2 Å². The van der Waals surface area contributed by atoms with Gasteiger partial charge >= 0.3 is 7.82 Å². The maximum absolute atomic E-state index is 16.0. The minimum absolute atomic E-state index is 0.581. The van der Waals surface area contributed by atoms with E-state index in [1.807, 2.05) is 36.4 Å². The van der Waals surface area contributed by atoms with Crippen LogP contribution in [0, 0.1) is 0 Å². The van der Waals surface area contributed by atoms with Crippen LogP contribution in [0.5, 0.6) is 17.2 Å². The molecule has 0 atom stereocenters. The van der Waals surface area contributed by atoms with Crippen molar-refractivity contribution in [3.05, 3.63) is 126 Å². The molecule has 0 aliphatic carbocycles. The summed E-state index contributed by atoms with van der Waals surface area (Å²) < 4.78 is 36.7. The smallest absolute Gasteiger partial charge is 0.385 e. The molecule has 0 radical (unpaired) electrons. The van der Waals surface area contributed by atoms with Gasteiger partial charge in [-0.3, -0.25) is 0 Å².